The van der Waals surface area contributed by atoms with E-state index in [1.165, 1.54) is 0 Å². The van der Waals surface area contributed by atoms with Gasteiger partial charge in [0.25, 0.3) is 0 Å². The summed E-state index contributed by atoms with van der Waals surface area (Å²) in [7, 11) is 0. The van der Waals surface area contributed by atoms with Crippen LogP contribution in [0.2, 0.25) is 0 Å². The van der Waals surface area contributed by atoms with Gasteiger partial charge in [-0.05, 0) is 45.1 Å². The first kappa shape index (κ1) is 28.7. The van der Waals surface area contributed by atoms with E-state index in [2.05, 4.69) is 16.0 Å². The summed E-state index contributed by atoms with van der Waals surface area (Å²) in [6.07, 6.45) is 4.51. The van der Waals surface area contributed by atoms with Crippen molar-refractivity contribution in [2.24, 2.45) is 0 Å². The number of amides is 4. The molecule has 0 bridgehead atoms. The van der Waals surface area contributed by atoms with Gasteiger partial charge in [0, 0.05) is 31.8 Å². The van der Waals surface area contributed by atoms with E-state index in [1.54, 1.807) is 18.7 Å². The summed E-state index contributed by atoms with van der Waals surface area (Å²) in [5.41, 5.74) is -0.410. The van der Waals surface area contributed by atoms with Gasteiger partial charge in [-0.1, -0.05) is 43.2 Å². The normalized spacial score (nSPS) is 27.3. The van der Waals surface area contributed by atoms with Crippen molar-refractivity contribution >= 4 is 29.4 Å². The molecule has 3 fully saturated rings. The molecule has 0 spiro atoms. The number of rotatable bonds is 9. The molecular weight excluding hydrogens is 500 g/mol. The molecular formula is C29H40N4O6. The Kier molecular flexibility index (Phi) is 9.37. The van der Waals surface area contributed by atoms with E-state index >= 15 is 0 Å². The number of ether oxygens (including phenoxy) is 1. The third kappa shape index (κ3) is 7.88. The minimum Gasteiger partial charge on any atom is -0.365 e. The van der Waals surface area contributed by atoms with Crippen molar-refractivity contribution < 1.29 is 28.7 Å². The fourth-order valence-electron chi connectivity index (χ4n) is 5.33. The number of hydrogen-bond donors (Lipinski definition) is 3. The second-order valence-electron chi connectivity index (χ2n) is 11.4. The number of nitrogens with zero attached hydrogens (tertiary/aromatic N) is 1. The van der Waals surface area contributed by atoms with Gasteiger partial charge >= 0.3 is 0 Å². The van der Waals surface area contributed by atoms with Crippen LogP contribution in [0.15, 0.2) is 30.3 Å². The summed E-state index contributed by atoms with van der Waals surface area (Å²) in [6.45, 7) is 4.21. The number of carbonyl (C=O) groups excluding carboxylic acids is 5. The third-order valence-corrected chi connectivity index (χ3v) is 7.73. The smallest absolute Gasteiger partial charge is 0.245 e. The topological polar surface area (TPSA) is 137 Å². The average Bonchev–Trinajstić information content (AvgIpc) is 3.65. The minimum atomic E-state index is -1.32. The highest BCUT2D eigenvalue weighted by Gasteiger charge is 2.40. The molecule has 3 saturated heterocycles. The first-order chi connectivity index (χ1) is 18.6. The Morgan fingerprint density at radius 3 is 2.49 bits per heavy atom. The van der Waals surface area contributed by atoms with Crippen LogP contribution in [0, 0.1) is 0 Å². The lowest BCUT2D eigenvalue weighted by atomic mass is 9.99. The van der Waals surface area contributed by atoms with Crippen LogP contribution in [0.25, 0.3) is 0 Å². The number of benzene rings is 1. The molecule has 0 aromatic heterocycles. The Morgan fingerprint density at radius 1 is 1.03 bits per heavy atom. The molecule has 3 aliphatic heterocycles. The molecule has 10 nitrogen and oxygen atoms in total. The van der Waals surface area contributed by atoms with Crippen LogP contribution < -0.4 is 16.0 Å². The predicted molar refractivity (Wildman–Crippen MR) is 143 cm³/mol. The molecule has 0 radical (unpaired) electrons. The first-order valence-electron chi connectivity index (χ1n) is 14.0. The molecule has 3 aliphatic rings. The van der Waals surface area contributed by atoms with Gasteiger partial charge in [-0.25, -0.2) is 0 Å². The van der Waals surface area contributed by atoms with Gasteiger partial charge in [0.15, 0.2) is 5.78 Å². The van der Waals surface area contributed by atoms with Gasteiger partial charge < -0.3 is 25.6 Å². The zero-order valence-corrected chi connectivity index (χ0v) is 22.9. The molecule has 39 heavy (non-hydrogen) atoms. The SMILES string of the molecule is CC1(C)NC(=O)[C@@H](CCCCCC(=O)[C@@H]2CO2)NC(=O)CC2CCCN2C(=O)[C@@H](Cc2ccccc2)NC1=O. The van der Waals surface area contributed by atoms with Crippen LogP contribution in [-0.2, 0) is 35.1 Å². The van der Waals surface area contributed by atoms with E-state index in [-0.39, 0.29) is 36.2 Å². The molecule has 4 rings (SSSR count). The Hall–Kier alpha value is -3.27. The maximum absolute atomic E-state index is 13.7. The average molecular weight is 541 g/mol. The van der Waals surface area contributed by atoms with Crippen molar-refractivity contribution in [2.45, 2.75) is 101 Å². The summed E-state index contributed by atoms with van der Waals surface area (Å²) in [5, 5.41) is 8.54. The monoisotopic (exact) mass is 540 g/mol. The third-order valence-electron chi connectivity index (χ3n) is 7.73. The number of hydrogen-bond acceptors (Lipinski definition) is 6. The molecule has 4 amide bonds. The van der Waals surface area contributed by atoms with Crippen LogP contribution >= 0.6 is 0 Å². The number of epoxide rings is 1. The van der Waals surface area contributed by atoms with Crippen molar-refractivity contribution in [3.8, 4) is 0 Å². The highest BCUT2D eigenvalue weighted by atomic mass is 16.6. The van der Waals surface area contributed by atoms with E-state index in [4.69, 9.17) is 4.74 Å². The predicted octanol–water partition coefficient (Wildman–Crippen LogP) is 1.41. The molecule has 3 N–H and O–H groups in total. The van der Waals surface area contributed by atoms with Crippen molar-refractivity contribution in [2.75, 3.05) is 13.2 Å². The van der Waals surface area contributed by atoms with Crippen LogP contribution in [-0.4, -0.2) is 77.2 Å². The number of fused-ring (bicyclic) bond motifs is 1. The number of ketones is 1. The summed E-state index contributed by atoms with van der Waals surface area (Å²) in [4.78, 5) is 67.0. The first-order valence-corrected chi connectivity index (χ1v) is 14.0. The quantitative estimate of drug-likeness (QED) is 0.320. The van der Waals surface area contributed by atoms with Gasteiger partial charge in [-0.3, -0.25) is 24.0 Å². The lowest BCUT2D eigenvalue weighted by molar-refractivity contribution is -0.139. The molecule has 0 saturated carbocycles. The number of nitrogens with one attached hydrogen (secondary N) is 3. The zero-order valence-electron chi connectivity index (χ0n) is 22.9. The molecule has 3 heterocycles. The largest absolute Gasteiger partial charge is 0.365 e. The van der Waals surface area contributed by atoms with E-state index < -0.39 is 29.4 Å². The van der Waals surface area contributed by atoms with Crippen LogP contribution in [0.4, 0.5) is 0 Å². The van der Waals surface area contributed by atoms with Gasteiger partial charge in [-0.15, -0.1) is 0 Å². The Balaban J connectivity index is 1.47. The van der Waals surface area contributed by atoms with Crippen molar-refractivity contribution in [1.82, 2.24) is 20.9 Å². The van der Waals surface area contributed by atoms with Gasteiger partial charge in [0.05, 0.1) is 6.61 Å². The van der Waals surface area contributed by atoms with Crippen LogP contribution in [0.5, 0.6) is 0 Å². The fourth-order valence-corrected chi connectivity index (χ4v) is 5.33. The van der Waals surface area contributed by atoms with Crippen molar-refractivity contribution in [3.05, 3.63) is 35.9 Å². The minimum absolute atomic E-state index is 0.0980. The maximum atomic E-state index is 13.7. The Morgan fingerprint density at radius 2 is 1.77 bits per heavy atom. The standard InChI is InChI=1S/C29H40N4O6/c1-29(2)28(38)31-22(16-19-10-5-3-6-11-19)27(37)33-15-9-12-20(33)17-25(35)30-21(26(36)32-29)13-7-4-8-14-23(34)24-18-39-24/h3,5-6,10-11,20-22,24H,4,7-9,12-18H2,1-2H3,(H,30,35)(H,31,38)(H,32,36)/t20?,21-,22-,24+/m1/s1. The van der Waals surface area contributed by atoms with Gasteiger partial charge in [0.1, 0.15) is 23.7 Å². The second-order valence-corrected chi connectivity index (χ2v) is 11.4. The summed E-state index contributed by atoms with van der Waals surface area (Å²) >= 11 is 0. The molecule has 1 unspecified atom stereocenters. The summed E-state index contributed by atoms with van der Waals surface area (Å²) < 4.78 is 5.02. The maximum Gasteiger partial charge on any atom is 0.245 e. The van der Waals surface area contributed by atoms with E-state index in [1.807, 2.05) is 30.3 Å². The second kappa shape index (κ2) is 12.7. The van der Waals surface area contributed by atoms with E-state index in [0.717, 1.165) is 18.4 Å². The number of Topliss-reactive ketones (excluding diaryl/α,β-unsaturated/α-hetero) is 1. The van der Waals surface area contributed by atoms with Crippen molar-refractivity contribution in [1.29, 1.82) is 0 Å². The summed E-state index contributed by atoms with van der Waals surface area (Å²) in [6, 6.07) is 7.54. The van der Waals surface area contributed by atoms with Gasteiger partial charge in [0.2, 0.25) is 23.6 Å². The van der Waals surface area contributed by atoms with Crippen LogP contribution in [0.1, 0.15) is 70.8 Å². The summed E-state index contributed by atoms with van der Waals surface area (Å²) in [5.74, 6) is -1.31. The molecule has 10 heteroatoms. The highest BCUT2D eigenvalue weighted by Crippen LogP contribution is 2.23. The molecule has 1 aromatic carbocycles. The molecule has 212 valence electrons. The van der Waals surface area contributed by atoms with Gasteiger partial charge in [-0.2, -0.15) is 0 Å². The highest BCUT2D eigenvalue weighted by molar-refractivity contribution is 5.97. The molecule has 0 aliphatic carbocycles. The number of carbonyl (C=O) groups is 5. The van der Waals surface area contributed by atoms with E-state index in [0.29, 0.717) is 51.7 Å². The number of unbranched alkanes of at least 4 members (excludes halogenated alkanes) is 2. The van der Waals surface area contributed by atoms with Crippen molar-refractivity contribution in [3.63, 3.8) is 0 Å². The van der Waals surface area contributed by atoms with Crippen LogP contribution in [0.3, 0.4) is 0 Å². The Bertz CT molecular complexity index is 1070. The molecule has 1 aromatic rings. The van der Waals surface area contributed by atoms with E-state index in [9.17, 15) is 24.0 Å². The zero-order chi connectivity index (χ0) is 28.0. The fraction of sp³-hybridized carbons (Fsp3) is 0.621. The lowest BCUT2D eigenvalue weighted by Crippen LogP contribution is -2.61. The molecule has 4 atom stereocenters. The Labute approximate surface area is 229 Å². The lowest BCUT2D eigenvalue weighted by Gasteiger charge is -2.31.